The predicted molar refractivity (Wildman–Crippen MR) is 65.8 cm³/mol. The van der Waals surface area contributed by atoms with Gasteiger partial charge in [0.05, 0.1) is 12.6 Å². The van der Waals surface area contributed by atoms with E-state index in [1.807, 2.05) is 38.1 Å². The van der Waals surface area contributed by atoms with Gasteiger partial charge in [-0.25, -0.2) is 4.79 Å². The largest absolute Gasteiger partial charge is 0.447 e. The number of hydrogen-bond donors (Lipinski definition) is 1. The Bertz CT molecular complexity index is 361. The predicted octanol–water partition coefficient (Wildman–Crippen LogP) is 2.12. The molecule has 94 valence electrons. The van der Waals surface area contributed by atoms with E-state index in [4.69, 9.17) is 9.84 Å². The highest BCUT2D eigenvalue weighted by atomic mass is 16.6. The lowest BCUT2D eigenvalue weighted by Crippen LogP contribution is -2.30. The molecule has 1 unspecified atom stereocenters. The van der Waals surface area contributed by atoms with Crippen molar-refractivity contribution in [3.63, 3.8) is 0 Å². The highest BCUT2D eigenvalue weighted by Gasteiger charge is 2.18. The number of aliphatic hydroxyl groups is 1. The molecular weight excluding hydrogens is 218 g/mol. The van der Waals surface area contributed by atoms with Gasteiger partial charge in [0.15, 0.2) is 0 Å². The van der Waals surface area contributed by atoms with Crippen LogP contribution in [0, 0.1) is 6.92 Å². The van der Waals surface area contributed by atoms with Gasteiger partial charge in [0.25, 0.3) is 0 Å². The molecule has 0 aliphatic rings. The van der Waals surface area contributed by atoms with Crippen molar-refractivity contribution in [1.82, 2.24) is 4.90 Å². The fraction of sp³-hybridized carbons (Fsp3) is 0.462. The second-order valence-electron chi connectivity index (χ2n) is 4.04. The van der Waals surface area contributed by atoms with E-state index >= 15 is 0 Å². The lowest BCUT2D eigenvalue weighted by Gasteiger charge is -2.24. The number of benzene rings is 1. The summed E-state index contributed by atoms with van der Waals surface area (Å²) in [6, 6.07) is 7.96. The van der Waals surface area contributed by atoms with Crippen LogP contribution in [0.5, 0.6) is 0 Å². The third-order valence-electron chi connectivity index (χ3n) is 2.75. The number of ether oxygens (including phenoxy) is 1. The Balaban J connectivity index is 2.65. The summed E-state index contributed by atoms with van der Waals surface area (Å²) >= 11 is 0. The molecule has 0 heterocycles. The van der Waals surface area contributed by atoms with Gasteiger partial charge in [0.2, 0.25) is 0 Å². The maximum absolute atomic E-state index is 11.6. The molecule has 1 N–H and O–H groups in total. The number of rotatable bonds is 4. The molecule has 0 fully saturated rings. The molecule has 1 amide bonds. The van der Waals surface area contributed by atoms with Crippen molar-refractivity contribution in [2.24, 2.45) is 0 Å². The topological polar surface area (TPSA) is 49.8 Å². The van der Waals surface area contributed by atoms with Crippen molar-refractivity contribution in [3.05, 3.63) is 35.4 Å². The average molecular weight is 237 g/mol. The van der Waals surface area contributed by atoms with Gasteiger partial charge in [0.1, 0.15) is 6.61 Å². The van der Waals surface area contributed by atoms with Gasteiger partial charge in [-0.1, -0.05) is 29.8 Å². The smallest absolute Gasteiger partial charge is 0.410 e. The minimum Gasteiger partial charge on any atom is -0.447 e. The number of aliphatic hydroxyl groups excluding tert-OH is 1. The molecule has 1 aromatic rings. The van der Waals surface area contributed by atoms with Crippen LogP contribution in [0.2, 0.25) is 0 Å². The summed E-state index contributed by atoms with van der Waals surface area (Å²) in [5, 5.41) is 8.59. The maximum atomic E-state index is 11.6. The van der Waals surface area contributed by atoms with E-state index in [1.54, 1.807) is 7.05 Å². The Labute approximate surface area is 102 Å². The van der Waals surface area contributed by atoms with Gasteiger partial charge in [-0.15, -0.1) is 0 Å². The molecule has 1 atom stereocenters. The zero-order valence-corrected chi connectivity index (χ0v) is 10.5. The van der Waals surface area contributed by atoms with Gasteiger partial charge in [0, 0.05) is 7.05 Å². The lowest BCUT2D eigenvalue weighted by molar-refractivity contribution is 0.0819. The van der Waals surface area contributed by atoms with E-state index in [1.165, 1.54) is 10.5 Å². The Morgan fingerprint density at radius 3 is 2.53 bits per heavy atom. The standard InChI is InChI=1S/C13H19NO3/c1-10-4-6-12(7-5-10)11(2)14(3)13(16)17-9-8-15/h4-7,11,15H,8-9H2,1-3H3. The van der Waals surface area contributed by atoms with Crippen LogP contribution in [-0.2, 0) is 4.74 Å². The number of aryl methyl sites for hydroxylation is 1. The zero-order valence-electron chi connectivity index (χ0n) is 10.5. The number of amides is 1. The van der Waals surface area contributed by atoms with Gasteiger partial charge < -0.3 is 14.7 Å². The second-order valence-corrected chi connectivity index (χ2v) is 4.04. The monoisotopic (exact) mass is 237 g/mol. The highest BCUT2D eigenvalue weighted by molar-refractivity contribution is 5.67. The quantitative estimate of drug-likeness (QED) is 0.872. The summed E-state index contributed by atoms with van der Waals surface area (Å²) in [6.45, 7) is 3.83. The summed E-state index contributed by atoms with van der Waals surface area (Å²) in [7, 11) is 1.68. The van der Waals surface area contributed by atoms with Gasteiger partial charge in [-0.3, -0.25) is 0 Å². The van der Waals surface area contributed by atoms with E-state index in [-0.39, 0.29) is 19.3 Å². The van der Waals surface area contributed by atoms with Crippen LogP contribution in [0.15, 0.2) is 24.3 Å². The molecule has 17 heavy (non-hydrogen) atoms. The fourth-order valence-electron chi connectivity index (χ4n) is 1.46. The van der Waals surface area contributed by atoms with E-state index in [2.05, 4.69) is 0 Å². The first kappa shape index (κ1) is 13.5. The van der Waals surface area contributed by atoms with Crippen LogP contribution in [0.1, 0.15) is 24.1 Å². The molecule has 0 saturated carbocycles. The van der Waals surface area contributed by atoms with Crippen molar-refractivity contribution in [2.45, 2.75) is 19.9 Å². The highest BCUT2D eigenvalue weighted by Crippen LogP contribution is 2.19. The van der Waals surface area contributed by atoms with Crippen LogP contribution in [0.25, 0.3) is 0 Å². The maximum Gasteiger partial charge on any atom is 0.410 e. The van der Waals surface area contributed by atoms with Crippen LogP contribution < -0.4 is 0 Å². The minimum atomic E-state index is -0.424. The van der Waals surface area contributed by atoms with Gasteiger partial charge in [-0.05, 0) is 19.4 Å². The molecule has 0 saturated heterocycles. The summed E-state index contributed by atoms with van der Waals surface area (Å²) in [5.74, 6) is 0. The second kappa shape index (κ2) is 6.25. The molecule has 4 nitrogen and oxygen atoms in total. The Hall–Kier alpha value is -1.55. The molecular formula is C13H19NO3. The van der Waals surface area contributed by atoms with Crippen molar-refractivity contribution >= 4 is 6.09 Å². The molecule has 1 aromatic carbocycles. The Morgan fingerprint density at radius 2 is 2.00 bits per heavy atom. The summed E-state index contributed by atoms with van der Waals surface area (Å²) in [5.41, 5.74) is 2.24. The summed E-state index contributed by atoms with van der Waals surface area (Å²) < 4.78 is 4.86. The Kier molecular flexibility index (Phi) is 4.97. The molecule has 0 aliphatic carbocycles. The molecule has 0 spiro atoms. The van der Waals surface area contributed by atoms with E-state index in [0.717, 1.165) is 5.56 Å². The van der Waals surface area contributed by atoms with Crippen molar-refractivity contribution < 1.29 is 14.6 Å². The SMILES string of the molecule is Cc1ccc(C(C)N(C)C(=O)OCCO)cc1. The molecule has 0 aliphatic heterocycles. The number of hydrogen-bond acceptors (Lipinski definition) is 3. The first-order valence-electron chi connectivity index (χ1n) is 5.63. The summed E-state index contributed by atoms with van der Waals surface area (Å²) in [6.07, 6.45) is -0.424. The van der Waals surface area contributed by atoms with Crippen molar-refractivity contribution in [2.75, 3.05) is 20.3 Å². The third-order valence-corrected chi connectivity index (χ3v) is 2.75. The molecule has 4 heteroatoms. The number of nitrogens with zero attached hydrogens (tertiary/aromatic N) is 1. The number of carbonyl (C=O) groups is 1. The van der Waals surface area contributed by atoms with Crippen LogP contribution in [0.3, 0.4) is 0 Å². The van der Waals surface area contributed by atoms with Gasteiger partial charge >= 0.3 is 6.09 Å². The molecule has 0 radical (unpaired) electrons. The molecule has 0 aromatic heterocycles. The first-order chi connectivity index (χ1) is 8.06. The van der Waals surface area contributed by atoms with E-state index < -0.39 is 6.09 Å². The summed E-state index contributed by atoms with van der Waals surface area (Å²) in [4.78, 5) is 13.1. The first-order valence-corrected chi connectivity index (χ1v) is 5.63. The van der Waals surface area contributed by atoms with Gasteiger partial charge in [-0.2, -0.15) is 0 Å². The lowest BCUT2D eigenvalue weighted by atomic mass is 10.1. The van der Waals surface area contributed by atoms with E-state index in [0.29, 0.717) is 0 Å². The number of carbonyl (C=O) groups excluding carboxylic acids is 1. The van der Waals surface area contributed by atoms with Crippen molar-refractivity contribution in [3.8, 4) is 0 Å². The minimum absolute atomic E-state index is 0.0315. The van der Waals surface area contributed by atoms with Crippen LogP contribution >= 0.6 is 0 Å². The fourth-order valence-corrected chi connectivity index (χ4v) is 1.46. The normalized spacial score (nSPS) is 12.0. The molecule has 1 rings (SSSR count). The molecule has 0 bridgehead atoms. The van der Waals surface area contributed by atoms with E-state index in [9.17, 15) is 4.79 Å². The Morgan fingerprint density at radius 1 is 1.41 bits per heavy atom. The van der Waals surface area contributed by atoms with Crippen molar-refractivity contribution in [1.29, 1.82) is 0 Å². The third kappa shape index (κ3) is 3.75. The van der Waals surface area contributed by atoms with Crippen LogP contribution in [0.4, 0.5) is 4.79 Å². The zero-order chi connectivity index (χ0) is 12.8. The average Bonchev–Trinajstić information content (AvgIpc) is 2.35. The van der Waals surface area contributed by atoms with Crippen LogP contribution in [-0.4, -0.2) is 36.4 Å².